The van der Waals surface area contributed by atoms with Crippen LogP contribution in [0.5, 0.6) is 5.75 Å². The number of ketones is 1. The summed E-state index contributed by atoms with van der Waals surface area (Å²) < 4.78 is 23.5. The van der Waals surface area contributed by atoms with Gasteiger partial charge in [-0.15, -0.1) is 11.8 Å². The maximum absolute atomic E-state index is 13.1. The second-order valence-corrected chi connectivity index (χ2v) is 9.34. The molecule has 2 atom stereocenters. The SMILES string of the molecule is CSc1ccc2c(c1)C(C)(C)CC(C)(OS(=O)Oc1ccc(C)cc1)C2=O. The lowest BCUT2D eigenvalue weighted by Crippen LogP contribution is -2.49. The number of carbonyl (C=O) groups is 1. The molecule has 0 radical (unpaired) electrons. The van der Waals surface area contributed by atoms with Crippen LogP contribution in [0.3, 0.4) is 0 Å². The Morgan fingerprint density at radius 1 is 1.07 bits per heavy atom. The molecule has 27 heavy (non-hydrogen) atoms. The number of Topliss-reactive ketones (excluding diaryl/α,β-unsaturated/α-hetero) is 1. The van der Waals surface area contributed by atoms with E-state index in [1.165, 1.54) is 0 Å². The molecule has 1 aliphatic rings. The van der Waals surface area contributed by atoms with Crippen LogP contribution in [0.25, 0.3) is 0 Å². The molecule has 0 bridgehead atoms. The summed E-state index contributed by atoms with van der Waals surface area (Å²) in [5.41, 5.74) is 1.20. The van der Waals surface area contributed by atoms with Crippen molar-refractivity contribution in [3.63, 3.8) is 0 Å². The molecular weight excluding hydrogens is 380 g/mol. The number of fused-ring (bicyclic) bond motifs is 1. The van der Waals surface area contributed by atoms with E-state index in [2.05, 4.69) is 19.9 Å². The molecule has 2 aromatic rings. The minimum absolute atomic E-state index is 0.162. The third kappa shape index (κ3) is 4.13. The van der Waals surface area contributed by atoms with Gasteiger partial charge in [-0.25, -0.2) is 4.18 Å². The lowest BCUT2D eigenvalue weighted by molar-refractivity contribution is 0.0381. The van der Waals surface area contributed by atoms with Crippen molar-refractivity contribution in [1.82, 2.24) is 0 Å². The molecule has 0 saturated carbocycles. The molecule has 0 saturated heterocycles. The Balaban J connectivity index is 1.85. The van der Waals surface area contributed by atoms with Gasteiger partial charge in [0, 0.05) is 10.5 Å². The first-order valence-electron chi connectivity index (χ1n) is 8.74. The normalized spacial score (nSPS) is 22.2. The van der Waals surface area contributed by atoms with Gasteiger partial charge in [-0.05, 0) is 67.8 Å². The molecule has 2 unspecified atom stereocenters. The van der Waals surface area contributed by atoms with Gasteiger partial charge in [0.25, 0.3) is 0 Å². The van der Waals surface area contributed by atoms with Crippen molar-refractivity contribution in [2.45, 2.75) is 50.0 Å². The predicted octanol–water partition coefficient (Wildman–Crippen LogP) is 5.01. The molecule has 6 heteroatoms. The maximum Gasteiger partial charge on any atom is 0.361 e. The molecule has 144 valence electrons. The number of thioether (sulfide) groups is 1. The van der Waals surface area contributed by atoms with Gasteiger partial charge in [-0.3, -0.25) is 4.79 Å². The second-order valence-electron chi connectivity index (χ2n) is 7.72. The minimum atomic E-state index is -2.08. The first-order valence-corrected chi connectivity index (χ1v) is 11.0. The lowest BCUT2D eigenvalue weighted by atomic mass is 9.66. The molecule has 0 heterocycles. The first-order chi connectivity index (χ1) is 12.6. The van der Waals surface area contributed by atoms with Crippen LogP contribution in [-0.2, 0) is 21.0 Å². The third-order valence-electron chi connectivity index (χ3n) is 4.90. The van der Waals surface area contributed by atoms with E-state index in [0.717, 1.165) is 16.0 Å². The summed E-state index contributed by atoms with van der Waals surface area (Å²) in [5.74, 6) is 0.278. The average molecular weight is 405 g/mol. The van der Waals surface area contributed by atoms with Crippen LogP contribution in [0, 0.1) is 6.92 Å². The zero-order valence-corrected chi connectivity index (χ0v) is 17.8. The molecule has 3 rings (SSSR count). The molecule has 1 aliphatic carbocycles. The van der Waals surface area contributed by atoms with E-state index in [-0.39, 0.29) is 11.2 Å². The van der Waals surface area contributed by atoms with Crippen LogP contribution >= 0.6 is 11.8 Å². The van der Waals surface area contributed by atoms with Crippen molar-refractivity contribution < 1.29 is 17.4 Å². The summed E-state index contributed by atoms with van der Waals surface area (Å²) >= 11 is -0.431. The molecule has 4 nitrogen and oxygen atoms in total. The zero-order chi connectivity index (χ0) is 19.8. The monoisotopic (exact) mass is 404 g/mol. The van der Waals surface area contributed by atoms with Gasteiger partial charge >= 0.3 is 11.4 Å². The van der Waals surface area contributed by atoms with Crippen molar-refractivity contribution in [3.05, 3.63) is 59.2 Å². The highest BCUT2D eigenvalue weighted by atomic mass is 32.2. The molecule has 0 N–H and O–H groups in total. The Kier molecular flexibility index (Phi) is 5.52. The van der Waals surface area contributed by atoms with Gasteiger partial charge < -0.3 is 4.18 Å². The largest absolute Gasteiger partial charge is 0.380 e. The van der Waals surface area contributed by atoms with Crippen LogP contribution in [0.15, 0.2) is 47.4 Å². The van der Waals surface area contributed by atoms with Gasteiger partial charge in [-0.1, -0.05) is 31.5 Å². The smallest absolute Gasteiger partial charge is 0.361 e. The third-order valence-corrected chi connectivity index (χ3v) is 6.46. The Morgan fingerprint density at radius 3 is 2.37 bits per heavy atom. The van der Waals surface area contributed by atoms with Crippen molar-refractivity contribution in [2.24, 2.45) is 0 Å². The average Bonchev–Trinajstić information content (AvgIpc) is 2.61. The minimum Gasteiger partial charge on any atom is -0.380 e. The van der Waals surface area contributed by atoms with Crippen LogP contribution in [0.1, 0.15) is 48.7 Å². The fourth-order valence-electron chi connectivity index (χ4n) is 3.62. The Morgan fingerprint density at radius 2 is 1.74 bits per heavy atom. The van der Waals surface area contributed by atoms with E-state index in [0.29, 0.717) is 17.7 Å². The fourth-order valence-corrected chi connectivity index (χ4v) is 4.80. The van der Waals surface area contributed by atoms with E-state index in [1.807, 2.05) is 37.4 Å². The van der Waals surface area contributed by atoms with E-state index < -0.39 is 17.0 Å². The van der Waals surface area contributed by atoms with Crippen molar-refractivity contribution in [2.75, 3.05) is 6.26 Å². The fraction of sp³-hybridized carbons (Fsp3) is 0.381. The molecule has 2 aromatic carbocycles. The highest BCUT2D eigenvalue weighted by molar-refractivity contribution is 7.98. The summed E-state index contributed by atoms with van der Waals surface area (Å²) in [6.07, 6.45) is 2.44. The van der Waals surface area contributed by atoms with Crippen LogP contribution in [0.4, 0.5) is 0 Å². The van der Waals surface area contributed by atoms with E-state index in [9.17, 15) is 9.00 Å². The number of hydrogen-bond donors (Lipinski definition) is 0. The topological polar surface area (TPSA) is 52.6 Å². The summed E-state index contributed by atoms with van der Waals surface area (Å²) in [4.78, 5) is 14.3. The maximum atomic E-state index is 13.1. The highest BCUT2D eigenvalue weighted by Gasteiger charge is 2.49. The lowest BCUT2D eigenvalue weighted by Gasteiger charge is -2.41. The molecule has 0 fully saturated rings. The molecule has 0 spiro atoms. The van der Waals surface area contributed by atoms with Crippen molar-refractivity contribution >= 4 is 28.9 Å². The number of hydrogen-bond acceptors (Lipinski definition) is 5. The number of benzene rings is 2. The molecule has 0 amide bonds. The van der Waals surface area contributed by atoms with Crippen molar-refractivity contribution in [3.8, 4) is 5.75 Å². The zero-order valence-electron chi connectivity index (χ0n) is 16.2. The summed E-state index contributed by atoms with van der Waals surface area (Å²) in [6.45, 7) is 7.81. The highest BCUT2D eigenvalue weighted by Crippen LogP contribution is 2.44. The molecule has 0 aliphatic heterocycles. The van der Waals surface area contributed by atoms with Gasteiger partial charge in [-0.2, -0.15) is 4.21 Å². The number of aryl methyl sites for hydroxylation is 1. The van der Waals surface area contributed by atoms with Crippen LogP contribution in [0.2, 0.25) is 0 Å². The summed E-state index contributed by atoms with van der Waals surface area (Å²) in [7, 11) is 0. The standard InChI is InChI=1S/C21H24O4S2/c1-14-6-8-15(9-7-14)24-27(23)25-21(4)13-20(2,3)18-12-16(26-5)10-11-17(18)19(21)22/h6-12H,13H2,1-5H3. The van der Waals surface area contributed by atoms with Gasteiger partial charge in [0.2, 0.25) is 0 Å². The van der Waals surface area contributed by atoms with Gasteiger partial charge in [0.05, 0.1) is 0 Å². The van der Waals surface area contributed by atoms with Crippen LogP contribution < -0.4 is 4.18 Å². The Bertz CT molecular complexity index is 890. The van der Waals surface area contributed by atoms with Crippen molar-refractivity contribution in [1.29, 1.82) is 0 Å². The van der Waals surface area contributed by atoms with Crippen LogP contribution in [-0.4, -0.2) is 21.8 Å². The molecule has 0 aromatic heterocycles. The Labute approximate surface area is 167 Å². The summed E-state index contributed by atoms with van der Waals surface area (Å²) in [6, 6.07) is 13.0. The second kappa shape index (κ2) is 7.41. The number of carbonyl (C=O) groups excluding carboxylic acids is 1. The summed E-state index contributed by atoms with van der Waals surface area (Å²) in [5, 5.41) is 0. The van der Waals surface area contributed by atoms with E-state index in [4.69, 9.17) is 8.37 Å². The van der Waals surface area contributed by atoms with E-state index >= 15 is 0 Å². The molecular formula is C21H24O4S2. The van der Waals surface area contributed by atoms with Gasteiger partial charge in [0.15, 0.2) is 5.78 Å². The quantitative estimate of drug-likeness (QED) is 0.656. The number of rotatable bonds is 5. The van der Waals surface area contributed by atoms with E-state index in [1.54, 1.807) is 30.8 Å². The Hall–Kier alpha value is -1.63. The predicted molar refractivity (Wildman–Crippen MR) is 110 cm³/mol. The first kappa shape index (κ1) is 20.1. The van der Waals surface area contributed by atoms with Gasteiger partial charge in [0.1, 0.15) is 11.4 Å².